The van der Waals surface area contributed by atoms with Gasteiger partial charge >= 0.3 is 0 Å². The first kappa shape index (κ1) is 18.1. The largest absolute Gasteiger partial charge is 0.467 e. The van der Waals surface area contributed by atoms with Crippen LogP contribution in [-0.4, -0.2) is 32.0 Å². The summed E-state index contributed by atoms with van der Waals surface area (Å²) in [6.07, 6.45) is 2.10. The average molecular weight is 429 g/mol. The fraction of sp³-hybridized carbons (Fsp3) is 0.312. The predicted molar refractivity (Wildman–Crippen MR) is 93.5 cm³/mol. The molecular formula is C16H17BrN2O5S. The van der Waals surface area contributed by atoms with E-state index in [1.165, 1.54) is 24.5 Å². The highest BCUT2D eigenvalue weighted by Gasteiger charge is 2.28. The number of sulfonamides is 1. The van der Waals surface area contributed by atoms with Crippen LogP contribution in [0.4, 0.5) is 0 Å². The van der Waals surface area contributed by atoms with E-state index >= 15 is 0 Å². The molecule has 9 heteroatoms. The van der Waals surface area contributed by atoms with Gasteiger partial charge in [0.15, 0.2) is 0 Å². The minimum atomic E-state index is -3.65. The average Bonchev–Trinajstić information content (AvgIpc) is 3.20. The summed E-state index contributed by atoms with van der Waals surface area (Å²) in [6.45, 7) is -0.0594. The monoisotopic (exact) mass is 428 g/mol. The van der Waals surface area contributed by atoms with Crippen molar-refractivity contribution in [3.63, 3.8) is 0 Å². The summed E-state index contributed by atoms with van der Waals surface area (Å²) in [4.78, 5) is 12.4. The number of halogens is 1. The number of aliphatic hydroxyl groups is 1. The molecule has 2 aromatic rings. The maximum absolute atomic E-state index is 12.4. The molecule has 1 atom stereocenters. The molecule has 1 heterocycles. The molecule has 1 unspecified atom stereocenters. The number of hydrogen-bond acceptors (Lipinski definition) is 5. The van der Waals surface area contributed by atoms with Gasteiger partial charge in [0.2, 0.25) is 10.0 Å². The molecule has 0 spiro atoms. The van der Waals surface area contributed by atoms with Crippen molar-refractivity contribution in [1.29, 1.82) is 0 Å². The number of hydrogen-bond donors (Lipinski definition) is 3. The van der Waals surface area contributed by atoms with E-state index in [9.17, 15) is 18.3 Å². The van der Waals surface area contributed by atoms with E-state index in [2.05, 4.69) is 26.0 Å². The molecule has 1 amide bonds. The first-order chi connectivity index (χ1) is 11.9. The third-order valence-corrected chi connectivity index (χ3v) is 5.93. The summed E-state index contributed by atoms with van der Waals surface area (Å²) in [5, 5.41) is 12.5. The number of carbonyl (C=O) groups excluding carboxylic acids is 1. The quantitative estimate of drug-likeness (QED) is 0.624. The number of nitrogens with one attached hydrogen (secondary N) is 2. The number of carbonyl (C=O) groups is 1. The zero-order valence-electron chi connectivity index (χ0n) is 13.1. The van der Waals surface area contributed by atoms with Gasteiger partial charge in [-0.15, -0.1) is 0 Å². The molecule has 0 bridgehead atoms. The molecule has 0 radical (unpaired) electrons. The fourth-order valence-corrected chi connectivity index (χ4v) is 3.96. The molecule has 1 aliphatic rings. The number of benzene rings is 1. The highest BCUT2D eigenvalue weighted by atomic mass is 79.9. The summed E-state index contributed by atoms with van der Waals surface area (Å²) < 4.78 is 32.7. The van der Waals surface area contributed by atoms with Gasteiger partial charge in [0.05, 0.1) is 23.3 Å². The summed E-state index contributed by atoms with van der Waals surface area (Å²) in [5.74, 6) is -0.162. The Labute approximate surface area is 153 Å². The Balaban J connectivity index is 1.72. The van der Waals surface area contributed by atoms with Crippen LogP contribution < -0.4 is 10.0 Å². The number of rotatable bonds is 7. The van der Waals surface area contributed by atoms with Gasteiger partial charge in [-0.05, 0) is 59.1 Å². The van der Waals surface area contributed by atoms with Gasteiger partial charge in [0.25, 0.3) is 5.91 Å². The predicted octanol–water partition coefficient (Wildman–Crippen LogP) is 1.95. The second-order valence-corrected chi connectivity index (χ2v) is 8.35. The summed E-state index contributed by atoms with van der Waals surface area (Å²) in [5.41, 5.74) is 0.172. The number of furan rings is 1. The van der Waals surface area contributed by atoms with Crippen LogP contribution in [0.15, 0.2) is 50.4 Å². The lowest BCUT2D eigenvalue weighted by atomic mass is 10.2. The second-order valence-electron chi connectivity index (χ2n) is 5.78. The van der Waals surface area contributed by atoms with Crippen LogP contribution in [0.25, 0.3) is 0 Å². The molecule has 25 heavy (non-hydrogen) atoms. The standard InChI is InChI=1S/C16H17BrN2O5S/c17-13-6-5-11(25(22,23)19-10-3-4-10)8-12(13)16(21)18-9-14(20)15-2-1-7-24-15/h1-2,5-8,10,14,19-20H,3-4,9H2,(H,18,21). The highest BCUT2D eigenvalue weighted by molar-refractivity contribution is 9.10. The van der Waals surface area contributed by atoms with Crippen LogP contribution in [0, 0.1) is 0 Å². The lowest BCUT2D eigenvalue weighted by molar-refractivity contribution is 0.0900. The molecule has 1 fully saturated rings. The summed E-state index contributed by atoms with van der Waals surface area (Å²) in [6, 6.07) is 7.47. The molecule has 3 N–H and O–H groups in total. The van der Waals surface area contributed by atoms with Gasteiger partial charge in [-0.3, -0.25) is 4.79 Å². The van der Waals surface area contributed by atoms with Crippen molar-refractivity contribution < 1.29 is 22.7 Å². The van der Waals surface area contributed by atoms with Gasteiger partial charge in [-0.1, -0.05) is 0 Å². The van der Waals surface area contributed by atoms with Crippen LogP contribution in [0.2, 0.25) is 0 Å². The van der Waals surface area contributed by atoms with Crippen LogP contribution in [0.1, 0.15) is 35.1 Å². The smallest absolute Gasteiger partial charge is 0.252 e. The molecule has 3 rings (SSSR count). The molecule has 0 saturated heterocycles. The lowest BCUT2D eigenvalue weighted by Crippen LogP contribution is -2.29. The molecule has 1 saturated carbocycles. The minimum Gasteiger partial charge on any atom is -0.467 e. The molecule has 134 valence electrons. The van der Waals surface area contributed by atoms with E-state index < -0.39 is 22.0 Å². The summed E-state index contributed by atoms with van der Waals surface area (Å²) in [7, 11) is -3.65. The molecule has 7 nitrogen and oxygen atoms in total. The Kier molecular flexibility index (Phi) is 5.28. The SMILES string of the molecule is O=C(NCC(O)c1ccco1)c1cc(S(=O)(=O)NC2CC2)ccc1Br. The first-order valence-electron chi connectivity index (χ1n) is 7.68. The molecule has 0 aliphatic heterocycles. The maximum Gasteiger partial charge on any atom is 0.252 e. The van der Waals surface area contributed by atoms with E-state index in [1.54, 1.807) is 12.1 Å². The topological polar surface area (TPSA) is 109 Å². The van der Waals surface area contributed by atoms with Gasteiger partial charge in [-0.25, -0.2) is 13.1 Å². The van der Waals surface area contributed by atoms with Gasteiger partial charge in [0, 0.05) is 10.5 Å². The number of aliphatic hydroxyl groups excluding tert-OH is 1. The van der Waals surface area contributed by atoms with Gasteiger partial charge in [-0.2, -0.15) is 0 Å². The fourth-order valence-electron chi connectivity index (χ4n) is 2.20. The summed E-state index contributed by atoms with van der Waals surface area (Å²) >= 11 is 3.25. The Hall–Kier alpha value is -1.68. The van der Waals surface area contributed by atoms with E-state index in [4.69, 9.17) is 4.42 Å². The molecule has 1 aromatic heterocycles. The van der Waals surface area contributed by atoms with Crippen LogP contribution in [0.5, 0.6) is 0 Å². The zero-order chi connectivity index (χ0) is 18.0. The van der Waals surface area contributed by atoms with Crippen molar-refractivity contribution in [3.8, 4) is 0 Å². The van der Waals surface area contributed by atoms with Crippen molar-refractivity contribution in [2.24, 2.45) is 0 Å². The Morgan fingerprint density at radius 1 is 1.36 bits per heavy atom. The van der Waals surface area contributed by atoms with E-state index in [0.717, 1.165) is 12.8 Å². The van der Waals surface area contributed by atoms with Crippen LogP contribution >= 0.6 is 15.9 Å². The molecular weight excluding hydrogens is 412 g/mol. The third-order valence-electron chi connectivity index (χ3n) is 3.72. The highest BCUT2D eigenvalue weighted by Crippen LogP contribution is 2.25. The Morgan fingerprint density at radius 2 is 2.12 bits per heavy atom. The second kappa shape index (κ2) is 7.28. The minimum absolute atomic E-state index is 0.0191. The van der Waals surface area contributed by atoms with Crippen molar-refractivity contribution in [2.45, 2.75) is 29.9 Å². The van der Waals surface area contributed by atoms with E-state index in [-0.39, 0.29) is 23.0 Å². The molecule has 1 aromatic carbocycles. The van der Waals surface area contributed by atoms with E-state index in [0.29, 0.717) is 10.2 Å². The third kappa shape index (κ3) is 4.49. The first-order valence-corrected chi connectivity index (χ1v) is 9.96. The van der Waals surface area contributed by atoms with E-state index in [1.807, 2.05) is 0 Å². The Morgan fingerprint density at radius 3 is 2.76 bits per heavy atom. The lowest BCUT2D eigenvalue weighted by Gasteiger charge is -2.12. The van der Waals surface area contributed by atoms with Crippen molar-refractivity contribution in [3.05, 3.63) is 52.4 Å². The van der Waals surface area contributed by atoms with Crippen molar-refractivity contribution in [2.75, 3.05) is 6.54 Å². The zero-order valence-corrected chi connectivity index (χ0v) is 15.5. The van der Waals surface area contributed by atoms with Crippen molar-refractivity contribution in [1.82, 2.24) is 10.0 Å². The number of amides is 1. The Bertz CT molecular complexity index is 863. The molecule has 1 aliphatic carbocycles. The van der Waals surface area contributed by atoms with Crippen molar-refractivity contribution >= 4 is 31.9 Å². The maximum atomic E-state index is 12.4. The van der Waals surface area contributed by atoms with Gasteiger partial charge in [0.1, 0.15) is 11.9 Å². The van der Waals surface area contributed by atoms with Crippen LogP contribution in [-0.2, 0) is 10.0 Å². The normalized spacial score (nSPS) is 15.8. The van der Waals surface area contributed by atoms with Gasteiger partial charge < -0.3 is 14.8 Å². The van der Waals surface area contributed by atoms with Crippen LogP contribution in [0.3, 0.4) is 0 Å².